The van der Waals surface area contributed by atoms with Crippen LogP contribution in [0.15, 0.2) is 24.3 Å². The average molecular weight is 276 g/mol. The van der Waals surface area contributed by atoms with Gasteiger partial charge in [0.1, 0.15) is 11.2 Å². The Bertz CT molecular complexity index is 463. The van der Waals surface area contributed by atoms with E-state index in [1.54, 1.807) is 0 Å². The minimum atomic E-state index is -0.607. The molecule has 2 heterocycles. The molecule has 1 saturated carbocycles. The van der Waals surface area contributed by atoms with E-state index in [1.165, 1.54) is 0 Å². The summed E-state index contributed by atoms with van der Waals surface area (Å²) in [5, 5.41) is 0. The molecule has 0 bridgehead atoms. The second-order valence-corrected chi connectivity index (χ2v) is 6.81. The summed E-state index contributed by atoms with van der Waals surface area (Å²) in [7, 11) is 0. The Morgan fingerprint density at radius 1 is 0.900 bits per heavy atom. The third-order valence-corrected chi connectivity index (χ3v) is 5.59. The SMILES string of the molecule is C=C1C[C@@]2(CCC[C@@]3(CC(=C)C(=O)O3)C2(C)C)OC1=O. The molecule has 4 heteroatoms. The molecule has 4 nitrogen and oxygen atoms in total. The van der Waals surface area contributed by atoms with Crippen LogP contribution in [0.2, 0.25) is 0 Å². The predicted molar refractivity (Wildman–Crippen MR) is 72.8 cm³/mol. The van der Waals surface area contributed by atoms with E-state index >= 15 is 0 Å². The molecule has 0 unspecified atom stereocenters. The zero-order valence-corrected chi connectivity index (χ0v) is 12.1. The second kappa shape index (κ2) is 3.74. The molecule has 0 N–H and O–H groups in total. The Labute approximate surface area is 118 Å². The van der Waals surface area contributed by atoms with Crippen LogP contribution in [-0.4, -0.2) is 23.1 Å². The lowest BCUT2D eigenvalue weighted by atomic mass is 9.55. The summed E-state index contributed by atoms with van der Waals surface area (Å²) in [6.07, 6.45) is 3.48. The van der Waals surface area contributed by atoms with Crippen LogP contribution in [0.4, 0.5) is 0 Å². The highest BCUT2D eigenvalue weighted by atomic mass is 16.6. The van der Waals surface area contributed by atoms with Gasteiger partial charge in [-0.1, -0.05) is 27.0 Å². The van der Waals surface area contributed by atoms with E-state index < -0.39 is 16.6 Å². The van der Waals surface area contributed by atoms with E-state index in [0.717, 1.165) is 19.3 Å². The van der Waals surface area contributed by atoms with E-state index in [-0.39, 0.29) is 11.9 Å². The van der Waals surface area contributed by atoms with Crippen molar-refractivity contribution in [1.82, 2.24) is 0 Å². The van der Waals surface area contributed by atoms with Crippen LogP contribution >= 0.6 is 0 Å². The lowest BCUT2D eigenvalue weighted by molar-refractivity contribution is -0.217. The first-order valence-corrected chi connectivity index (χ1v) is 7.05. The Hall–Kier alpha value is -1.58. The van der Waals surface area contributed by atoms with Crippen LogP contribution in [0.5, 0.6) is 0 Å². The van der Waals surface area contributed by atoms with Crippen LogP contribution in [0, 0.1) is 5.41 Å². The van der Waals surface area contributed by atoms with Crippen molar-refractivity contribution < 1.29 is 19.1 Å². The molecular formula is C16H20O4. The zero-order chi connectivity index (χ0) is 14.8. The highest BCUT2D eigenvalue weighted by molar-refractivity contribution is 5.92. The Morgan fingerprint density at radius 2 is 1.30 bits per heavy atom. The van der Waals surface area contributed by atoms with Crippen molar-refractivity contribution in [2.24, 2.45) is 5.41 Å². The Morgan fingerprint density at radius 3 is 1.60 bits per heavy atom. The molecule has 3 rings (SSSR count). The van der Waals surface area contributed by atoms with Gasteiger partial charge in [-0.25, -0.2) is 9.59 Å². The standard InChI is InChI=1S/C16H20O4/c1-10-8-15(19-12(10)17)6-5-7-16(14(15,3)4)9-11(2)13(18)20-16/h1-2,5-9H2,3-4H3/t15-,16-/m1/s1. The number of carbonyl (C=O) groups is 2. The predicted octanol–water partition coefficient (Wildman–Crippen LogP) is 2.68. The lowest BCUT2D eigenvalue weighted by Gasteiger charge is -2.55. The molecular weight excluding hydrogens is 256 g/mol. The van der Waals surface area contributed by atoms with Crippen molar-refractivity contribution in [2.75, 3.05) is 0 Å². The van der Waals surface area contributed by atoms with Gasteiger partial charge >= 0.3 is 11.9 Å². The summed E-state index contributed by atoms with van der Waals surface area (Å²) in [4.78, 5) is 23.6. The fourth-order valence-electron chi connectivity index (χ4n) is 4.08. The van der Waals surface area contributed by atoms with Crippen LogP contribution in [0.1, 0.15) is 46.0 Å². The molecule has 0 amide bonds. The molecule has 20 heavy (non-hydrogen) atoms. The molecule has 2 atom stereocenters. The third-order valence-electron chi connectivity index (χ3n) is 5.59. The maximum absolute atomic E-state index is 11.8. The third kappa shape index (κ3) is 1.42. The molecule has 3 fully saturated rings. The van der Waals surface area contributed by atoms with Crippen molar-refractivity contribution in [3.63, 3.8) is 0 Å². The van der Waals surface area contributed by atoms with Crippen molar-refractivity contribution in [2.45, 2.75) is 57.2 Å². The van der Waals surface area contributed by atoms with Gasteiger partial charge in [0.05, 0.1) is 0 Å². The van der Waals surface area contributed by atoms with Crippen molar-refractivity contribution >= 4 is 11.9 Å². The maximum Gasteiger partial charge on any atom is 0.334 e. The van der Waals surface area contributed by atoms with Crippen LogP contribution in [-0.2, 0) is 19.1 Å². The summed E-state index contributed by atoms with van der Waals surface area (Å²) in [5.74, 6) is -0.642. The molecule has 2 spiro atoms. The van der Waals surface area contributed by atoms with E-state index in [2.05, 4.69) is 13.2 Å². The van der Waals surface area contributed by atoms with Crippen molar-refractivity contribution in [3.8, 4) is 0 Å². The maximum atomic E-state index is 11.8. The largest absolute Gasteiger partial charge is 0.455 e. The average Bonchev–Trinajstić information content (AvgIpc) is 2.79. The van der Waals surface area contributed by atoms with E-state index in [9.17, 15) is 9.59 Å². The topological polar surface area (TPSA) is 52.6 Å². The number of esters is 2. The van der Waals surface area contributed by atoms with Gasteiger partial charge in [0.15, 0.2) is 0 Å². The highest BCUT2D eigenvalue weighted by Crippen LogP contribution is 2.61. The number of rotatable bonds is 0. The normalized spacial score (nSPS) is 39.5. The number of hydrogen-bond donors (Lipinski definition) is 0. The summed E-state index contributed by atoms with van der Waals surface area (Å²) < 4.78 is 11.4. The van der Waals surface area contributed by atoms with Gasteiger partial charge in [-0.3, -0.25) is 0 Å². The molecule has 3 aliphatic rings. The minimum Gasteiger partial charge on any atom is -0.455 e. The molecule has 0 aromatic carbocycles. The molecule has 2 saturated heterocycles. The van der Waals surface area contributed by atoms with Gasteiger partial charge < -0.3 is 9.47 Å². The van der Waals surface area contributed by atoms with Gasteiger partial charge in [0, 0.05) is 29.4 Å². The van der Waals surface area contributed by atoms with Crippen molar-refractivity contribution in [3.05, 3.63) is 24.3 Å². The summed E-state index contributed by atoms with van der Waals surface area (Å²) >= 11 is 0. The van der Waals surface area contributed by atoms with E-state index in [1.807, 2.05) is 13.8 Å². The van der Waals surface area contributed by atoms with Gasteiger partial charge in [-0.15, -0.1) is 0 Å². The smallest absolute Gasteiger partial charge is 0.334 e. The molecule has 108 valence electrons. The first kappa shape index (κ1) is 13.4. The molecule has 0 radical (unpaired) electrons. The van der Waals surface area contributed by atoms with Crippen LogP contribution < -0.4 is 0 Å². The minimum absolute atomic E-state index is 0.321. The zero-order valence-electron chi connectivity index (χ0n) is 12.1. The van der Waals surface area contributed by atoms with Crippen molar-refractivity contribution in [1.29, 1.82) is 0 Å². The van der Waals surface area contributed by atoms with Crippen LogP contribution in [0.3, 0.4) is 0 Å². The van der Waals surface area contributed by atoms with Gasteiger partial charge in [-0.05, 0) is 19.3 Å². The quantitative estimate of drug-likeness (QED) is 0.504. The number of ether oxygens (including phenoxy) is 2. The van der Waals surface area contributed by atoms with Crippen LogP contribution in [0.25, 0.3) is 0 Å². The Kier molecular flexibility index (Phi) is 2.51. The molecule has 2 aliphatic heterocycles. The summed E-state index contributed by atoms with van der Waals surface area (Å²) in [6.45, 7) is 11.7. The summed E-state index contributed by atoms with van der Waals surface area (Å²) in [5.41, 5.74) is -0.645. The first-order valence-electron chi connectivity index (χ1n) is 7.05. The fourth-order valence-corrected chi connectivity index (χ4v) is 4.08. The van der Waals surface area contributed by atoms with Gasteiger partial charge in [0.2, 0.25) is 0 Å². The molecule has 0 aromatic rings. The molecule has 1 aliphatic carbocycles. The number of hydrogen-bond acceptors (Lipinski definition) is 4. The monoisotopic (exact) mass is 276 g/mol. The second-order valence-electron chi connectivity index (χ2n) is 6.81. The fraction of sp³-hybridized carbons (Fsp3) is 0.625. The van der Waals surface area contributed by atoms with E-state index in [4.69, 9.17) is 9.47 Å². The van der Waals surface area contributed by atoms with E-state index in [0.29, 0.717) is 24.0 Å². The summed E-state index contributed by atoms with van der Waals surface area (Å²) in [6, 6.07) is 0. The highest BCUT2D eigenvalue weighted by Gasteiger charge is 2.67. The first-order chi connectivity index (χ1) is 9.23. The molecule has 0 aromatic heterocycles. The van der Waals surface area contributed by atoms with Gasteiger partial charge in [-0.2, -0.15) is 0 Å². The lowest BCUT2D eigenvalue weighted by Crippen LogP contribution is -2.61. The Balaban J connectivity index is 2.04. The van der Waals surface area contributed by atoms with Gasteiger partial charge in [0.25, 0.3) is 0 Å². The number of carbonyl (C=O) groups excluding carboxylic acids is 2.